The lowest BCUT2D eigenvalue weighted by Crippen LogP contribution is -2.17. The van der Waals surface area contributed by atoms with Crippen LogP contribution in [0.2, 0.25) is 0 Å². The topological polar surface area (TPSA) is 29.9 Å². The van der Waals surface area contributed by atoms with Crippen molar-refractivity contribution in [1.82, 2.24) is 15.1 Å². The van der Waals surface area contributed by atoms with Crippen LogP contribution in [0.3, 0.4) is 0 Å². The van der Waals surface area contributed by atoms with Crippen LogP contribution in [0.4, 0.5) is 0 Å². The highest BCUT2D eigenvalue weighted by Gasteiger charge is 2.34. The van der Waals surface area contributed by atoms with Crippen molar-refractivity contribution in [2.24, 2.45) is 13.0 Å². The van der Waals surface area contributed by atoms with Gasteiger partial charge in [-0.1, -0.05) is 13.3 Å². The minimum absolute atomic E-state index is 0.764. The van der Waals surface area contributed by atoms with Gasteiger partial charge in [0.05, 0.1) is 6.20 Å². The van der Waals surface area contributed by atoms with Gasteiger partial charge in [-0.2, -0.15) is 5.10 Å². The van der Waals surface area contributed by atoms with E-state index < -0.39 is 0 Å². The first-order valence-corrected chi connectivity index (χ1v) is 5.43. The van der Waals surface area contributed by atoms with Crippen molar-refractivity contribution in [3.05, 3.63) is 17.5 Å². The third-order valence-corrected chi connectivity index (χ3v) is 3.34. The number of nitrogens with zero attached hydrogens (tertiary/aromatic N) is 2. The molecule has 2 rings (SSSR count). The summed E-state index contributed by atoms with van der Waals surface area (Å²) in [5.74, 6) is 0.923. The summed E-state index contributed by atoms with van der Waals surface area (Å²) in [6.07, 6.45) is 4.63. The number of rotatable bonds is 4. The van der Waals surface area contributed by atoms with Crippen LogP contribution in [0.25, 0.3) is 0 Å². The third-order valence-electron chi connectivity index (χ3n) is 3.34. The number of aryl methyl sites for hydroxylation is 1. The second-order valence-electron chi connectivity index (χ2n) is 4.27. The molecule has 1 aromatic heterocycles. The Labute approximate surface area is 85.5 Å². The van der Waals surface area contributed by atoms with E-state index in [-0.39, 0.29) is 0 Å². The molecule has 1 N–H and O–H groups in total. The lowest BCUT2D eigenvalue weighted by molar-refractivity contribution is 0.620. The van der Waals surface area contributed by atoms with Crippen LogP contribution < -0.4 is 5.32 Å². The minimum atomic E-state index is 0.764. The van der Waals surface area contributed by atoms with E-state index in [1.165, 1.54) is 24.1 Å². The van der Waals surface area contributed by atoms with E-state index in [9.17, 15) is 0 Å². The van der Waals surface area contributed by atoms with Gasteiger partial charge in [-0.05, 0) is 19.3 Å². The summed E-state index contributed by atoms with van der Waals surface area (Å²) in [7, 11) is 1.99. The molecule has 3 nitrogen and oxygen atoms in total. The van der Waals surface area contributed by atoms with Crippen molar-refractivity contribution >= 4 is 0 Å². The smallest absolute Gasteiger partial charge is 0.0537 e. The molecule has 2 atom stereocenters. The standard InChI is InChI=1S/C11H19N3/c1-4-9-5-11(9)12-6-10-7-13-14(3)8(10)2/h7,9,11-12H,4-6H2,1-3H3. The zero-order chi connectivity index (χ0) is 10.1. The van der Waals surface area contributed by atoms with E-state index in [2.05, 4.69) is 24.3 Å². The Hall–Kier alpha value is -0.830. The molecule has 2 unspecified atom stereocenters. The Morgan fingerprint density at radius 1 is 1.64 bits per heavy atom. The van der Waals surface area contributed by atoms with Crippen LogP contribution in [-0.4, -0.2) is 15.8 Å². The summed E-state index contributed by atoms with van der Waals surface area (Å²) in [5.41, 5.74) is 2.60. The molecule has 78 valence electrons. The van der Waals surface area contributed by atoms with E-state index in [0.29, 0.717) is 0 Å². The van der Waals surface area contributed by atoms with Gasteiger partial charge >= 0.3 is 0 Å². The molecule has 0 aliphatic heterocycles. The average molecular weight is 193 g/mol. The second kappa shape index (κ2) is 3.73. The Balaban J connectivity index is 1.84. The predicted octanol–water partition coefficient (Wildman–Crippen LogP) is 1.62. The molecule has 0 saturated heterocycles. The Kier molecular flexibility index (Phi) is 2.59. The zero-order valence-electron chi connectivity index (χ0n) is 9.25. The van der Waals surface area contributed by atoms with Gasteiger partial charge in [0.2, 0.25) is 0 Å². The van der Waals surface area contributed by atoms with Crippen molar-refractivity contribution < 1.29 is 0 Å². The second-order valence-corrected chi connectivity index (χ2v) is 4.27. The average Bonchev–Trinajstić information content (AvgIpc) is 2.88. The molecule has 0 aromatic carbocycles. The predicted molar refractivity (Wildman–Crippen MR) is 57.0 cm³/mol. The van der Waals surface area contributed by atoms with Gasteiger partial charge in [0.25, 0.3) is 0 Å². The molecule has 0 bridgehead atoms. The Morgan fingerprint density at radius 3 is 2.93 bits per heavy atom. The van der Waals surface area contributed by atoms with Crippen LogP contribution in [0.15, 0.2) is 6.20 Å². The maximum absolute atomic E-state index is 4.23. The van der Waals surface area contributed by atoms with Gasteiger partial charge in [0.15, 0.2) is 0 Å². The summed E-state index contributed by atoms with van der Waals surface area (Å²) in [6, 6.07) is 0.764. The van der Waals surface area contributed by atoms with Crippen molar-refractivity contribution in [3.8, 4) is 0 Å². The van der Waals surface area contributed by atoms with Gasteiger partial charge < -0.3 is 5.32 Å². The fraction of sp³-hybridized carbons (Fsp3) is 0.727. The van der Waals surface area contributed by atoms with Crippen LogP contribution in [0.1, 0.15) is 31.0 Å². The first kappa shape index (κ1) is 9.71. The van der Waals surface area contributed by atoms with Gasteiger partial charge in [0, 0.05) is 30.9 Å². The molecule has 14 heavy (non-hydrogen) atoms. The number of nitrogens with one attached hydrogen (secondary N) is 1. The molecular weight excluding hydrogens is 174 g/mol. The van der Waals surface area contributed by atoms with E-state index in [1.54, 1.807) is 0 Å². The lowest BCUT2D eigenvalue weighted by atomic mass is 10.2. The van der Waals surface area contributed by atoms with Gasteiger partial charge in [-0.3, -0.25) is 4.68 Å². The fourth-order valence-corrected chi connectivity index (χ4v) is 1.91. The molecule has 3 heteroatoms. The van der Waals surface area contributed by atoms with Crippen LogP contribution in [0.5, 0.6) is 0 Å². The normalized spacial score (nSPS) is 25.4. The highest BCUT2D eigenvalue weighted by molar-refractivity contribution is 5.16. The highest BCUT2D eigenvalue weighted by atomic mass is 15.3. The van der Waals surface area contributed by atoms with E-state index in [0.717, 1.165) is 18.5 Å². The van der Waals surface area contributed by atoms with E-state index >= 15 is 0 Å². The first-order chi connectivity index (χ1) is 6.72. The number of hydrogen-bond donors (Lipinski definition) is 1. The fourth-order valence-electron chi connectivity index (χ4n) is 1.91. The molecule has 1 heterocycles. The maximum Gasteiger partial charge on any atom is 0.0537 e. The lowest BCUT2D eigenvalue weighted by Gasteiger charge is -2.02. The molecule has 0 amide bonds. The molecular formula is C11H19N3. The summed E-state index contributed by atoms with van der Waals surface area (Å²) >= 11 is 0. The summed E-state index contributed by atoms with van der Waals surface area (Å²) < 4.78 is 1.93. The molecule has 1 aliphatic carbocycles. The van der Waals surface area contributed by atoms with Crippen LogP contribution in [0, 0.1) is 12.8 Å². The van der Waals surface area contributed by atoms with Crippen LogP contribution >= 0.6 is 0 Å². The molecule has 0 radical (unpaired) electrons. The number of aromatic nitrogens is 2. The van der Waals surface area contributed by atoms with Crippen molar-refractivity contribution in [3.63, 3.8) is 0 Å². The number of hydrogen-bond acceptors (Lipinski definition) is 2. The largest absolute Gasteiger partial charge is 0.310 e. The van der Waals surface area contributed by atoms with Gasteiger partial charge in [-0.25, -0.2) is 0 Å². The molecule has 1 aliphatic rings. The minimum Gasteiger partial charge on any atom is -0.310 e. The first-order valence-electron chi connectivity index (χ1n) is 5.43. The van der Waals surface area contributed by atoms with E-state index in [1.807, 2.05) is 17.9 Å². The molecule has 1 aromatic rings. The van der Waals surface area contributed by atoms with Crippen molar-refractivity contribution in [1.29, 1.82) is 0 Å². The molecule has 0 spiro atoms. The van der Waals surface area contributed by atoms with Crippen molar-refractivity contribution in [2.75, 3.05) is 0 Å². The quantitative estimate of drug-likeness (QED) is 0.787. The zero-order valence-corrected chi connectivity index (χ0v) is 9.25. The maximum atomic E-state index is 4.23. The van der Waals surface area contributed by atoms with E-state index in [4.69, 9.17) is 0 Å². The summed E-state index contributed by atoms with van der Waals surface area (Å²) in [4.78, 5) is 0. The highest BCUT2D eigenvalue weighted by Crippen LogP contribution is 2.33. The molecule has 1 fully saturated rings. The monoisotopic (exact) mass is 193 g/mol. The third kappa shape index (κ3) is 1.82. The Morgan fingerprint density at radius 2 is 2.43 bits per heavy atom. The SMILES string of the molecule is CCC1CC1NCc1cnn(C)c1C. The molecule has 1 saturated carbocycles. The van der Waals surface area contributed by atoms with Crippen molar-refractivity contribution in [2.45, 2.75) is 39.3 Å². The van der Waals surface area contributed by atoms with Gasteiger partial charge in [0.1, 0.15) is 0 Å². The van der Waals surface area contributed by atoms with Crippen LogP contribution in [-0.2, 0) is 13.6 Å². The Bertz CT molecular complexity index is 316. The summed E-state index contributed by atoms with van der Waals surface area (Å²) in [6.45, 7) is 5.36. The summed E-state index contributed by atoms with van der Waals surface area (Å²) in [5, 5.41) is 7.81. The van der Waals surface area contributed by atoms with Gasteiger partial charge in [-0.15, -0.1) is 0 Å².